The highest BCUT2D eigenvalue weighted by atomic mass is 35.5. The summed E-state index contributed by atoms with van der Waals surface area (Å²) in [7, 11) is 0. The van der Waals surface area contributed by atoms with E-state index < -0.39 is 0 Å². The molecule has 2 atom stereocenters. The average Bonchev–Trinajstić information content (AvgIpc) is 2.38. The molecule has 1 aliphatic heterocycles. The van der Waals surface area contributed by atoms with Crippen molar-refractivity contribution in [3.05, 3.63) is 34.9 Å². The van der Waals surface area contributed by atoms with Crippen molar-refractivity contribution in [3.8, 4) is 0 Å². The van der Waals surface area contributed by atoms with Crippen LogP contribution in [0, 0.1) is 0 Å². The predicted molar refractivity (Wildman–Crippen MR) is 73.5 cm³/mol. The summed E-state index contributed by atoms with van der Waals surface area (Å²) in [6, 6.07) is 8.99. The summed E-state index contributed by atoms with van der Waals surface area (Å²) in [4.78, 5) is 0. The van der Waals surface area contributed by atoms with Gasteiger partial charge in [-0.15, -0.1) is 0 Å². The highest BCUT2D eigenvalue weighted by molar-refractivity contribution is 6.31. The SMILES string of the molecule is C[C@@H](NCC1CCCCN1)c1ccccc1Cl. The number of halogens is 1. The first-order chi connectivity index (χ1) is 8.27. The Morgan fingerprint density at radius 1 is 1.41 bits per heavy atom. The van der Waals surface area contributed by atoms with Crippen molar-refractivity contribution in [1.29, 1.82) is 0 Å². The van der Waals surface area contributed by atoms with Crippen LogP contribution in [-0.2, 0) is 0 Å². The summed E-state index contributed by atoms with van der Waals surface area (Å²) in [5.74, 6) is 0. The molecule has 2 rings (SSSR count). The lowest BCUT2D eigenvalue weighted by atomic mass is 10.0. The van der Waals surface area contributed by atoms with Gasteiger partial charge in [0.15, 0.2) is 0 Å². The minimum absolute atomic E-state index is 0.312. The first-order valence-electron chi connectivity index (χ1n) is 6.48. The Bertz CT molecular complexity index is 348. The zero-order chi connectivity index (χ0) is 12.1. The third-order valence-corrected chi connectivity index (χ3v) is 3.80. The fraction of sp³-hybridized carbons (Fsp3) is 0.571. The van der Waals surface area contributed by atoms with Gasteiger partial charge in [0.2, 0.25) is 0 Å². The molecule has 0 bridgehead atoms. The Balaban J connectivity index is 1.84. The van der Waals surface area contributed by atoms with Gasteiger partial charge in [-0.25, -0.2) is 0 Å². The van der Waals surface area contributed by atoms with Crippen molar-refractivity contribution in [1.82, 2.24) is 10.6 Å². The van der Waals surface area contributed by atoms with Gasteiger partial charge in [-0.05, 0) is 37.9 Å². The largest absolute Gasteiger partial charge is 0.313 e. The zero-order valence-electron chi connectivity index (χ0n) is 10.4. The second kappa shape index (κ2) is 6.39. The topological polar surface area (TPSA) is 24.1 Å². The van der Waals surface area contributed by atoms with E-state index in [1.54, 1.807) is 0 Å². The molecule has 2 N–H and O–H groups in total. The molecule has 1 fully saturated rings. The Morgan fingerprint density at radius 3 is 2.94 bits per heavy atom. The van der Waals surface area contributed by atoms with Crippen molar-refractivity contribution in [2.75, 3.05) is 13.1 Å². The van der Waals surface area contributed by atoms with Gasteiger partial charge in [0.05, 0.1) is 0 Å². The first-order valence-corrected chi connectivity index (χ1v) is 6.86. The van der Waals surface area contributed by atoms with Crippen LogP contribution in [0.3, 0.4) is 0 Å². The average molecular weight is 253 g/mol. The lowest BCUT2D eigenvalue weighted by Gasteiger charge is -2.26. The molecule has 0 radical (unpaired) electrons. The standard InChI is InChI=1S/C14H21ClN2/c1-11(13-7-2-3-8-14(13)15)17-10-12-6-4-5-9-16-12/h2-3,7-8,11-12,16-17H,4-6,9-10H2,1H3/t11-,12?/m1/s1. The van der Waals surface area contributed by atoms with Gasteiger partial charge in [-0.3, -0.25) is 0 Å². The monoisotopic (exact) mass is 252 g/mol. The van der Waals surface area contributed by atoms with Gasteiger partial charge in [0.1, 0.15) is 0 Å². The molecule has 1 aromatic rings. The molecule has 0 spiro atoms. The summed E-state index contributed by atoms with van der Waals surface area (Å²) < 4.78 is 0. The molecule has 3 heteroatoms. The summed E-state index contributed by atoms with van der Waals surface area (Å²) in [5, 5.41) is 7.96. The molecule has 1 aliphatic rings. The molecule has 1 saturated heterocycles. The number of piperidine rings is 1. The maximum Gasteiger partial charge on any atom is 0.0453 e. The molecule has 0 aromatic heterocycles. The van der Waals surface area contributed by atoms with E-state index in [4.69, 9.17) is 11.6 Å². The number of hydrogen-bond acceptors (Lipinski definition) is 2. The maximum atomic E-state index is 6.19. The summed E-state index contributed by atoms with van der Waals surface area (Å²) in [6.07, 6.45) is 3.94. The van der Waals surface area contributed by atoms with Gasteiger partial charge >= 0.3 is 0 Å². The molecule has 0 saturated carbocycles. The van der Waals surface area contributed by atoms with Gasteiger partial charge in [-0.1, -0.05) is 36.2 Å². The zero-order valence-corrected chi connectivity index (χ0v) is 11.1. The summed E-state index contributed by atoms with van der Waals surface area (Å²) >= 11 is 6.19. The van der Waals surface area contributed by atoms with Crippen molar-refractivity contribution < 1.29 is 0 Å². The summed E-state index contributed by atoms with van der Waals surface area (Å²) in [6.45, 7) is 4.35. The van der Waals surface area contributed by atoms with E-state index in [1.165, 1.54) is 24.8 Å². The minimum Gasteiger partial charge on any atom is -0.313 e. The molecule has 0 aliphatic carbocycles. The number of rotatable bonds is 4. The molecule has 94 valence electrons. The van der Waals surface area contributed by atoms with E-state index in [0.29, 0.717) is 12.1 Å². The predicted octanol–water partition coefficient (Wildman–Crippen LogP) is 3.13. The normalized spacial score (nSPS) is 22.4. The Kier molecular flexibility index (Phi) is 4.84. The molecule has 1 aromatic carbocycles. The van der Waals surface area contributed by atoms with Crippen LogP contribution >= 0.6 is 11.6 Å². The van der Waals surface area contributed by atoms with Gasteiger partial charge in [-0.2, -0.15) is 0 Å². The number of hydrogen-bond donors (Lipinski definition) is 2. The van der Waals surface area contributed by atoms with Crippen molar-refractivity contribution >= 4 is 11.6 Å². The maximum absolute atomic E-state index is 6.19. The van der Waals surface area contributed by atoms with Gasteiger partial charge in [0.25, 0.3) is 0 Å². The second-order valence-corrected chi connectivity index (χ2v) is 5.21. The molecule has 0 amide bonds. The molecule has 1 heterocycles. The van der Waals surface area contributed by atoms with Crippen LogP contribution in [0.2, 0.25) is 5.02 Å². The van der Waals surface area contributed by atoms with Gasteiger partial charge in [0, 0.05) is 23.7 Å². The Hall–Kier alpha value is -0.570. The molecular formula is C14H21ClN2. The second-order valence-electron chi connectivity index (χ2n) is 4.80. The lowest BCUT2D eigenvalue weighted by molar-refractivity contribution is 0.371. The van der Waals surface area contributed by atoms with E-state index in [1.807, 2.05) is 18.2 Å². The van der Waals surface area contributed by atoms with E-state index in [9.17, 15) is 0 Å². The number of benzene rings is 1. The van der Waals surface area contributed by atoms with E-state index in [-0.39, 0.29) is 0 Å². The summed E-state index contributed by atoms with van der Waals surface area (Å²) in [5.41, 5.74) is 1.19. The minimum atomic E-state index is 0.312. The quantitative estimate of drug-likeness (QED) is 0.860. The highest BCUT2D eigenvalue weighted by Crippen LogP contribution is 2.22. The van der Waals surface area contributed by atoms with Crippen molar-refractivity contribution in [2.45, 2.75) is 38.3 Å². The lowest BCUT2D eigenvalue weighted by Crippen LogP contribution is -2.42. The smallest absolute Gasteiger partial charge is 0.0453 e. The molecule has 2 nitrogen and oxygen atoms in total. The van der Waals surface area contributed by atoms with E-state index in [0.717, 1.165) is 18.1 Å². The van der Waals surface area contributed by atoms with Crippen LogP contribution < -0.4 is 10.6 Å². The van der Waals surface area contributed by atoms with E-state index >= 15 is 0 Å². The van der Waals surface area contributed by atoms with E-state index in [2.05, 4.69) is 23.6 Å². The Labute approximate surface area is 109 Å². The third kappa shape index (κ3) is 3.70. The van der Waals surface area contributed by atoms with Crippen LogP contribution in [0.1, 0.15) is 37.8 Å². The van der Waals surface area contributed by atoms with Crippen LogP contribution in [-0.4, -0.2) is 19.1 Å². The number of nitrogens with one attached hydrogen (secondary N) is 2. The van der Waals surface area contributed by atoms with Crippen LogP contribution in [0.5, 0.6) is 0 Å². The van der Waals surface area contributed by atoms with Crippen molar-refractivity contribution in [3.63, 3.8) is 0 Å². The van der Waals surface area contributed by atoms with Crippen LogP contribution in [0.25, 0.3) is 0 Å². The third-order valence-electron chi connectivity index (χ3n) is 3.45. The van der Waals surface area contributed by atoms with Gasteiger partial charge < -0.3 is 10.6 Å². The van der Waals surface area contributed by atoms with Crippen LogP contribution in [0.4, 0.5) is 0 Å². The fourth-order valence-corrected chi connectivity index (χ4v) is 2.65. The fourth-order valence-electron chi connectivity index (χ4n) is 2.35. The van der Waals surface area contributed by atoms with Crippen molar-refractivity contribution in [2.24, 2.45) is 0 Å². The Morgan fingerprint density at radius 2 is 2.24 bits per heavy atom. The highest BCUT2D eigenvalue weighted by Gasteiger charge is 2.14. The first kappa shape index (κ1) is 12.9. The molecule has 1 unspecified atom stereocenters. The molecular weight excluding hydrogens is 232 g/mol. The molecule has 17 heavy (non-hydrogen) atoms. The van der Waals surface area contributed by atoms with Crippen LogP contribution in [0.15, 0.2) is 24.3 Å².